The summed E-state index contributed by atoms with van der Waals surface area (Å²) < 4.78 is 9.06. The number of aryl methyl sites for hydroxylation is 2. The summed E-state index contributed by atoms with van der Waals surface area (Å²) in [4.78, 5) is 3.85. The number of pyridine rings is 1. The average molecular weight is 474 g/mol. The molecule has 0 aliphatic rings. The minimum absolute atomic E-state index is 0.579. The molecule has 3 heteroatoms. The van der Waals surface area contributed by atoms with Gasteiger partial charge in [-0.1, -0.05) is 67.9 Å². The van der Waals surface area contributed by atoms with Gasteiger partial charge in [-0.25, -0.2) is 4.85 Å². The van der Waals surface area contributed by atoms with Gasteiger partial charge >= 0.3 is 0 Å². The van der Waals surface area contributed by atoms with Crippen molar-refractivity contribution in [2.45, 2.75) is 48.0 Å². The molecule has 0 unspecified atom stereocenters. The van der Waals surface area contributed by atoms with Gasteiger partial charge in [0.25, 0.3) is 0 Å². The molecule has 2 aromatic heterocycles. The normalized spacial score (nSPS) is 11.5. The predicted octanol–water partition coefficient (Wildman–Crippen LogP) is 8.73. The lowest BCUT2D eigenvalue weighted by atomic mass is 9.93. The van der Waals surface area contributed by atoms with Gasteiger partial charge in [-0.2, -0.15) is 4.57 Å². The Morgan fingerprint density at radius 3 is 2.14 bits per heavy atom. The third kappa shape index (κ3) is 3.78. The standard InChI is InChI=1S/C33H33N2O/c1-19(2)17-25-18-29(35(8)23(6)22(25)5)30-21(4)11-14-26-27-15-16-28(34-7)31(33(27)36-32(26)30)24-12-9-20(3)10-13-24/h9-16,18-19H,17H2,1-6,8H3/q+1. The Labute approximate surface area is 213 Å². The first-order valence-electron chi connectivity index (χ1n) is 12.6. The van der Waals surface area contributed by atoms with Gasteiger partial charge in [-0.15, -0.1) is 0 Å². The van der Waals surface area contributed by atoms with E-state index in [0.29, 0.717) is 11.6 Å². The fourth-order valence-corrected chi connectivity index (χ4v) is 5.33. The number of nitrogens with zero attached hydrogens (tertiary/aromatic N) is 2. The summed E-state index contributed by atoms with van der Waals surface area (Å²) in [6, 6.07) is 19.0. The molecule has 0 atom stereocenters. The first kappa shape index (κ1) is 23.8. The maximum atomic E-state index is 7.83. The molecule has 0 fully saturated rings. The molecule has 0 spiro atoms. The third-order valence-corrected chi connectivity index (χ3v) is 7.54. The minimum Gasteiger partial charge on any atom is -0.456 e. The van der Waals surface area contributed by atoms with E-state index in [-0.39, 0.29) is 0 Å². The predicted molar refractivity (Wildman–Crippen MR) is 150 cm³/mol. The summed E-state index contributed by atoms with van der Waals surface area (Å²) in [7, 11) is 2.15. The SMILES string of the molecule is [C-]#[N+]c1ccc2c(oc3c(-c4cc(CC(C)C)c(C)c(C)[n+]4C)c(C)ccc32)c1-c1ccc(C)cc1. The fourth-order valence-electron chi connectivity index (χ4n) is 5.33. The van der Waals surface area contributed by atoms with Crippen LogP contribution in [0.25, 0.3) is 49.2 Å². The second kappa shape index (κ2) is 8.95. The van der Waals surface area contributed by atoms with Crippen LogP contribution in [0.2, 0.25) is 0 Å². The van der Waals surface area contributed by atoms with E-state index in [0.717, 1.165) is 50.7 Å². The first-order valence-corrected chi connectivity index (χ1v) is 12.6. The van der Waals surface area contributed by atoms with Gasteiger partial charge in [0, 0.05) is 34.9 Å². The Hall–Kier alpha value is -3.90. The third-order valence-electron chi connectivity index (χ3n) is 7.54. The van der Waals surface area contributed by atoms with Crippen molar-refractivity contribution < 1.29 is 8.98 Å². The van der Waals surface area contributed by atoms with E-state index in [2.05, 4.69) is 100 Å². The zero-order valence-electron chi connectivity index (χ0n) is 22.3. The number of fused-ring (bicyclic) bond motifs is 3. The molecule has 0 saturated heterocycles. The Morgan fingerprint density at radius 1 is 0.861 bits per heavy atom. The van der Waals surface area contributed by atoms with E-state index >= 15 is 0 Å². The highest BCUT2D eigenvalue weighted by atomic mass is 16.3. The molecule has 0 aliphatic heterocycles. The van der Waals surface area contributed by atoms with Crippen LogP contribution < -0.4 is 4.57 Å². The molecule has 180 valence electrons. The van der Waals surface area contributed by atoms with Crippen LogP contribution in [0.1, 0.15) is 41.8 Å². The largest absolute Gasteiger partial charge is 0.456 e. The second-order valence-corrected chi connectivity index (χ2v) is 10.5. The number of furan rings is 1. The van der Waals surface area contributed by atoms with Crippen molar-refractivity contribution in [1.29, 1.82) is 0 Å². The van der Waals surface area contributed by atoms with Gasteiger partial charge in [0.2, 0.25) is 5.69 Å². The van der Waals surface area contributed by atoms with Gasteiger partial charge in [0.15, 0.2) is 11.4 Å². The molecular formula is C33H33N2O+. The second-order valence-electron chi connectivity index (χ2n) is 10.5. The summed E-state index contributed by atoms with van der Waals surface area (Å²) in [6.07, 6.45) is 1.04. The lowest BCUT2D eigenvalue weighted by Gasteiger charge is -2.14. The van der Waals surface area contributed by atoms with Crippen molar-refractivity contribution in [2.75, 3.05) is 0 Å². The van der Waals surface area contributed by atoms with Gasteiger partial charge in [0.1, 0.15) is 18.2 Å². The van der Waals surface area contributed by atoms with E-state index in [1.54, 1.807) is 0 Å². The zero-order valence-corrected chi connectivity index (χ0v) is 22.3. The van der Waals surface area contributed by atoms with Crippen LogP contribution in [0.4, 0.5) is 5.69 Å². The molecule has 0 N–H and O–H groups in total. The van der Waals surface area contributed by atoms with Gasteiger partial charge in [0.05, 0.1) is 12.1 Å². The van der Waals surface area contributed by atoms with Gasteiger partial charge < -0.3 is 4.42 Å². The number of rotatable bonds is 4. The molecule has 36 heavy (non-hydrogen) atoms. The van der Waals surface area contributed by atoms with Crippen LogP contribution in [0.3, 0.4) is 0 Å². The van der Waals surface area contributed by atoms with Crippen molar-refractivity contribution in [1.82, 2.24) is 0 Å². The Morgan fingerprint density at radius 2 is 1.50 bits per heavy atom. The summed E-state index contributed by atoms with van der Waals surface area (Å²) in [5, 5.41) is 2.13. The molecule has 0 amide bonds. The van der Waals surface area contributed by atoms with Crippen molar-refractivity contribution in [2.24, 2.45) is 13.0 Å². The molecule has 3 aromatic carbocycles. The molecule has 0 saturated carbocycles. The highest BCUT2D eigenvalue weighted by Gasteiger charge is 2.26. The highest BCUT2D eigenvalue weighted by Crippen LogP contribution is 2.44. The van der Waals surface area contributed by atoms with Crippen LogP contribution in [0.5, 0.6) is 0 Å². The van der Waals surface area contributed by atoms with Crippen molar-refractivity contribution in [3.63, 3.8) is 0 Å². The molecular weight excluding hydrogens is 440 g/mol. The lowest BCUT2D eigenvalue weighted by molar-refractivity contribution is -0.667. The summed E-state index contributed by atoms with van der Waals surface area (Å²) in [5.41, 5.74) is 12.8. The number of aromatic nitrogens is 1. The van der Waals surface area contributed by atoms with E-state index in [1.807, 2.05) is 12.1 Å². The van der Waals surface area contributed by atoms with E-state index in [4.69, 9.17) is 11.0 Å². The summed E-state index contributed by atoms with van der Waals surface area (Å²) in [5.74, 6) is 0.579. The van der Waals surface area contributed by atoms with Crippen LogP contribution in [-0.4, -0.2) is 0 Å². The molecule has 0 aliphatic carbocycles. The molecule has 0 radical (unpaired) electrons. The summed E-state index contributed by atoms with van der Waals surface area (Å²) >= 11 is 0. The topological polar surface area (TPSA) is 21.4 Å². The maximum Gasteiger partial charge on any atom is 0.216 e. The first-order chi connectivity index (χ1) is 17.2. The fraction of sp³-hybridized carbons (Fsp3) is 0.273. The lowest BCUT2D eigenvalue weighted by Crippen LogP contribution is -2.36. The minimum atomic E-state index is 0.579. The Balaban J connectivity index is 1.87. The van der Waals surface area contributed by atoms with Crippen LogP contribution in [-0.2, 0) is 13.5 Å². The Bertz CT molecular complexity index is 1680. The van der Waals surface area contributed by atoms with Crippen molar-refractivity contribution in [3.05, 3.63) is 94.0 Å². The zero-order chi connectivity index (χ0) is 25.7. The molecule has 3 nitrogen and oxygen atoms in total. The Kier molecular flexibility index (Phi) is 5.92. The van der Waals surface area contributed by atoms with Crippen LogP contribution in [0.15, 0.2) is 59.0 Å². The summed E-state index contributed by atoms with van der Waals surface area (Å²) in [6.45, 7) is 21.0. The number of hydrogen-bond donors (Lipinski definition) is 0. The number of hydrogen-bond acceptors (Lipinski definition) is 1. The highest BCUT2D eigenvalue weighted by molar-refractivity contribution is 6.15. The van der Waals surface area contributed by atoms with Gasteiger partial charge in [-0.05, 0) is 49.8 Å². The van der Waals surface area contributed by atoms with Crippen molar-refractivity contribution in [3.8, 4) is 22.4 Å². The van der Waals surface area contributed by atoms with E-state index in [9.17, 15) is 0 Å². The molecule has 5 rings (SSSR count). The monoisotopic (exact) mass is 473 g/mol. The molecule has 5 aromatic rings. The van der Waals surface area contributed by atoms with Crippen LogP contribution >= 0.6 is 0 Å². The quantitative estimate of drug-likeness (QED) is 0.189. The van der Waals surface area contributed by atoms with Gasteiger partial charge in [-0.3, -0.25) is 0 Å². The maximum absolute atomic E-state index is 7.83. The van der Waals surface area contributed by atoms with E-state index < -0.39 is 0 Å². The van der Waals surface area contributed by atoms with E-state index in [1.165, 1.54) is 27.9 Å². The molecule has 2 heterocycles. The number of benzene rings is 3. The van der Waals surface area contributed by atoms with Crippen LogP contribution in [0, 0.1) is 40.2 Å². The average Bonchev–Trinajstić information content (AvgIpc) is 3.23. The smallest absolute Gasteiger partial charge is 0.216 e. The molecule has 0 bridgehead atoms. The van der Waals surface area contributed by atoms with Crippen molar-refractivity contribution >= 4 is 27.6 Å².